The van der Waals surface area contributed by atoms with Crippen molar-refractivity contribution in [3.8, 4) is 0 Å². The van der Waals surface area contributed by atoms with Crippen molar-refractivity contribution >= 4 is 33.0 Å². The van der Waals surface area contributed by atoms with Gasteiger partial charge in [-0.05, 0) is 17.7 Å². The van der Waals surface area contributed by atoms with Crippen LogP contribution in [0, 0.1) is 0 Å². The molecule has 0 aliphatic carbocycles. The largest absolute Gasteiger partial charge is 0.340 e. The van der Waals surface area contributed by atoms with Crippen molar-refractivity contribution < 1.29 is 0 Å². The van der Waals surface area contributed by atoms with Crippen LogP contribution in [0.25, 0.3) is 11.2 Å². The summed E-state index contributed by atoms with van der Waals surface area (Å²) in [5, 5.41) is 3.33. The second-order valence-electron chi connectivity index (χ2n) is 6.74. The molecular formula is C18H21BrN6O2. The third-order valence-electron chi connectivity index (χ3n) is 4.96. The number of hydrogen-bond donors (Lipinski definition) is 1. The lowest BCUT2D eigenvalue weighted by Gasteiger charge is -2.28. The van der Waals surface area contributed by atoms with Gasteiger partial charge in [0.25, 0.3) is 5.56 Å². The first kappa shape index (κ1) is 18.0. The van der Waals surface area contributed by atoms with Crippen LogP contribution in [0.5, 0.6) is 0 Å². The summed E-state index contributed by atoms with van der Waals surface area (Å²) in [6.45, 7) is 3.82. The normalized spacial score (nSPS) is 14.9. The zero-order valence-electron chi connectivity index (χ0n) is 15.3. The Kier molecular flexibility index (Phi) is 4.65. The first-order valence-electron chi connectivity index (χ1n) is 8.83. The van der Waals surface area contributed by atoms with Gasteiger partial charge >= 0.3 is 5.69 Å². The van der Waals surface area contributed by atoms with Crippen LogP contribution in [-0.4, -0.2) is 44.9 Å². The predicted octanol–water partition coefficient (Wildman–Crippen LogP) is 0.654. The summed E-state index contributed by atoms with van der Waals surface area (Å²) in [4.78, 5) is 32.2. The number of aromatic nitrogens is 4. The molecule has 1 aliphatic heterocycles. The van der Waals surface area contributed by atoms with Gasteiger partial charge in [-0.1, -0.05) is 28.1 Å². The molecule has 0 amide bonds. The van der Waals surface area contributed by atoms with Gasteiger partial charge in [-0.25, -0.2) is 4.79 Å². The lowest BCUT2D eigenvalue weighted by atomic mass is 10.2. The molecule has 3 aromatic rings. The Labute approximate surface area is 164 Å². The van der Waals surface area contributed by atoms with Gasteiger partial charge in [-0.3, -0.25) is 18.5 Å². The summed E-state index contributed by atoms with van der Waals surface area (Å²) in [6, 6.07) is 7.98. The van der Waals surface area contributed by atoms with Crippen LogP contribution in [0.1, 0.15) is 5.56 Å². The Morgan fingerprint density at radius 1 is 1.15 bits per heavy atom. The highest BCUT2D eigenvalue weighted by atomic mass is 79.9. The zero-order chi connectivity index (χ0) is 19.1. The van der Waals surface area contributed by atoms with E-state index in [0.717, 1.165) is 46.7 Å². The highest BCUT2D eigenvalue weighted by Gasteiger charge is 2.23. The summed E-state index contributed by atoms with van der Waals surface area (Å²) >= 11 is 3.50. The van der Waals surface area contributed by atoms with Crippen LogP contribution in [-0.2, 0) is 20.6 Å². The van der Waals surface area contributed by atoms with Crippen molar-refractivity contribution in [2.75, 3.05) is 31.1 Å². The molecule has 1 saturated heterocycles. The fourth-order valence-electron chi connectivity index (χ4n) is 3.51. The number of nitrogens with zero attached hydrogens (tertiary/aromatic N) is 5. The van der Waals surface area contributed by atoms with E-state index in [4.69, 9.17) is 4.98 Å². The molecule has 142 valence electrons. The average molecular weight is 433 g/mol. The maximum Gasteiger partial charge on any atom is 0.332 e. The van der Waals surface area contributed by atoms with Crippen LogP contribution in [0.2, 0.25) is 0 Å². The molecule has 4 rings (SSSR count). The molecule has 1 aliphatic rings. The quantitative estimate of drug-likeness (QED) is 0.657. The predicted molar refractivity (Wildman–Crippen MR) is 109 cm³/mol. The van der Waals surface area contributed by atoms with E-state index in [9.17, 15) is 9.59 Å². The van der Waals surface area contributed by atoms with Crippen molar-refractivity contribution in [3.05, 3.63) is 55.1 Å². The smallest absolute Gasteiger partial charge is 0.332 e. The fraction of sp³-hybridized carbons (Fsp3) is 0.389. The van der Waals surface area contributed by atoms with Crippen LogP contribution in [0.4, 0.5) is 5.95 Å². The molecule has 8 nitrogen and oxygen atoms in total. The van der Waals surface area contributed by atoms with Crippen LogP contribution >= 0.6 is 15.9 Å². The number of hydrogen-bond acceptors (Lipinski definition) is 5. The molecule has 1 N–H and O–H groups in total. The molecule has 0 atom stereocenters. The number of anilines is 1. The van der Waals surface area contributed by atoms with Crippen molar-refractivity contribution in [2.24, 2.45) is 14.1 Å². The molecule has 0 saturated carbocycles. The molecule has 0 spiro atoms. The van der Waals surface area contributed by atoms with Crippen LogP contribution in [0.15, 0.2) is 38.3 Å². The van der Waals surface area contributed by atoms with E-state index >= 15 is 0 Å². The van der Waals surface area contributed by atoms with Crippen molar-refractivity contribution in [1.29, 1.82) is 0 Å². The van der Waals surface area contributed by atoms with Gasteiger partial charge in [0.05, 0.1) is 6.54 Å². The molecule has 0 bridgehead atoms. The van der Waals surface area contributed by atoms with Gasteiger partial charge in [0, 0.05) is 44.7 Å². The van der Waals surface area contributed by atoms with Crippen LogP contribution < -0.4 is 21.5 Å². The number of benzene rings is 1. The number of aryl methyl sites for hydroxylation is 1. The van der Waals surface area contributed by atoms with Crippen molar-refractivity contribution in [3.63, 3.8) is 0 Å². The number of nitrogens with one attached hydrogen (secondary N) is 1. The maximum atomic E-state index is 12.9. The molecule has 1 aromatic carbocycles. The Morgan fingerprint density at radius 3 is 2.59 bits per heavy atom. The van der Waals surface area contributed by atoms with Gasteiger partial charge < -0.3 is 10.2 Å². The number of halogens is 1. The summed E-state index contributed by atoms with van der Waals surface area (Å²) in [5.74, 6) is 0.727. The zero-order valence-corrected chi connectivity index (χ0v) is 16.9. The third-order valence-corrected chi connectivity index (χ3v) is 5.45. The van der Waals surface area contributed by atoms with Gasteiger partial charge in [0.2, 0.25) is 5.95 Å². The molecule has 3 heterocycles. The minimum Gasteiger partial charge on any atom is -0.340 e. The first-order chi connectivity index (χ1) is 13.0. The lowest BCUT2D eigenvalue weighted by molar-refractivity contribution is 0.571. The molecule has 2 aromatic heterocycles. The van der Waals surface area contributed by atoms with Crippen molar-refractivity contribution in [1.82, 2.24) is 24.0 Å². The second kappa shape index (κ2) is 6.97. The van der Waals surface area contributed by atoms with E-state index in [2.05, 4.69) is 26.1 Å². The monoisotopic (exact) mass is 432 g/mol. The molecular weight excluding hydrogens is 412 g/mol. The molecule has 9 heteroatoms. The fourth-order valence-corrected chi connectivity index (χ4v) is 3.96. The summed E-state index contributed by atoms with van der Waals surface area (Å²) in [7, 11) is 3.16. The third kappa shape index (κ3) is 3.10. The summed E-state index contributed by atoms with van der Waals surface area (Å²) in [5.41, 5.74) is 1.24. The number of fused-ring (bicyclic) bond motifs is 1. The highest BCUT2D eigenvalue weighted by Crippen LogP contribution is 2.22. The van der Waals surface area contributed by atoms with E-state index in [1.165, 1.54) is 11.6 Å². The summed E-state index contributed by atoms with van der Waals surface area (Å²) in [6.07, 6.45) is 0. The summed E-state index contributed by atoms with van der Waals surface area (Å²) < 4.78 is 5.50. The van der Waals surface area contributed by atoms with Gasteiger partial charge in [0.15, 0.2) is 11.2 Å². The maximum absolute atomic E-state index is 12.9. The first-order valence-corrected chi connectivity index (χ1v) is 9.63. The van der Waals surface area contributed by atoms with E-state index in [-0.39, 0.29) is 11.2 Å². The Balaban J connectivity index is 1.97. The van der Waals surface area contributed by atoms with Crippen LogP contribution in [0.3, 0.4) is 0 Å². The molecule has 27 heavy (non-hydrogen) atoms. The van der Waals surface area contributed by atoms with Gasteiger partial charge in [-0.15, -0.1) is 0 Å². The van der Waals surface area contributed by atoms with Gasteiger partial charge in [-0.2, -0.15) is 4.98 Å². The Hall–Kier alpha value is -2.39. The SMILES string of the molecule is Cn1c(=O)c2c(nc(N3CCNCC3)n2Cc2cccc(Br)c2)n(C)c1=O. The lowest BCUT2D eigenvalue weighted by Crippen LogP contribution is -2.44. The minimum absolute atomic E-state index is 0.322. The number of piperazine rings is 1. The Bertz CT molecular complexity index is 1120. The van der Waals surface area contributed by atoms with E-state index in [1.54, 1.807) is 7.05 Å². The van der Waals surface area contributed by atoms with Gasteiger partial charge in [0.1, 0.15) is 0 Å². The minimum atomic E-state index is -0.369. The second-order valence-corrected chi connectivity index (χ2v) is 7.66. The molecule has 0 unspecified atom stereocenters. The van der Waals surface area contributed by atoms with E-state index < -0.39 is 0 Å². The standard InChI is InChI=1S/C18H21BrN6O2/c1-22-15-14(16(26)23(2)18(22)27)25(11-12-4-3-5-13(19)10-12)17(21-15)24-8-6-20-7-9-24/h3-5,10,20H,6-9,11H2,1-2H3. The molecule has 1 fully saturated rings. The van der Waals surface area contributed by atoms with E-state index in [1.807, 2.05) is 28.8 Å². The van der Waals surface area contributed by atoms with Crippen molar-refractivity contribution in [2.45, 2.75) is 6.54 Å². The van der Waals surface area contributed by atoms with E-state index in [0.29, 0.717) is 17.7 Å². The number of imidazole rings is 1. The number of rotatable bonds is 3. The highest BCUT2D eigenvalue weighted by molar-refractivity contribution is 9.10. The topological polar surface area (TPSA) is 77.1 Å². The average Bonchev–Trinajstić information content (AvgIpc) is 3.05. The molecule has 0 radical (unpaired) electrons. The Morgan fingerprint density at radius 2 is 1.89 bits per heavy atom.